The molecular formula is C18H22N4O3. The normalized spacial score (nSPS) is 22.7. The first-order chi connectivity index (χ1) is 12.2. The van der Waals surface area contributed by atoms with Gasteiger partial charge in [0, 0.05) is 30.4 Å². The van der Waals surface area contributed by atoms with E-state index in [-0.39, 0.29) is 12.3 Å². The van der Waals surface area contributed by atoms with Crippen LogP contribution >= 0.6 is 0 Å². The Kier molecular flexibility index (Phi) is 4.40. The van der Waals surface area contributed by atoms with Gasteiger partial charge < -0.3 is 19.5 Å². The van der Waals surface area contributed by atoms with Crippen molar-refractivity contribution in [1.82, 2.24) is 10.1 Å². The van der Waals surface area contributed by atoms with E-state index in [1.165, 1.54) is 0 Å². The second kappa shape index (κ2) is 6.84. The van der Waals surface area contributed by atoms with Crippen LogP contribution in [-0.4, -0.2) is 42.4 Å². The van der Waals surface area contributed by atoms with Crippen LogP contribution in [0.25, 0.3) is 0 Å². The van der Waals surface area contributed by atoms with Gasteiger partial charge in [0.05, 0.1) is 19.6 Å². The van der Waals surface area contributed by atoms with E-state index in [0.29, 0.717) is 23.6 Å². The summed E-state index contributed by atoms with van der Waals surface area (Å²) in [5, 5.41) is 6.78. The molecule has 0 bridgehead atoms. The highest BCUT2D eigenvalue weighted by molar-refractivity contribution is 5.91. The van der Waals surface area contributed by atoms with Crippen LogP contribution in [0.4, 0.5) is 11.4 Å². The molecular weight excluding hydrogens is 320 g/mol. The number of carbonyl (C=O) groups is 1. The number of nitrogens with zero attached hydrogens (tertiary/aromatic N) is 3. The van der Waals surface area contributed by atoms with Gasteiger partial charge in [0.1, 0.15) is 0 Å². The van der Waals surface area contributed by atoms with Gasteiger partial charge >= 0.3 is 0 Å². The molecule has 2 unspecified atom stereocenters. The molecule has 1 amide bonds. The predicted octanol–water partition coefficient (Wildman–Crippen LogP) is 2.21. The third kappa shape index (κ3) is 3.82. The van der Waals surface area contributed by atoms with Crippen molar-refractivity contribution in [2.75, 3.05) is 36.5 Å². The first kappa shape index (κ1) is 16.1. The fourth-order valence-electron chi connectivity index (χ4n) is 3.08. The Labute approximate surface area is 146 Å². The molecule has 2 aromatic rings. The number of anilines is 2. The molecule has 2 heterocycles. The van der Waals surface area contributed by atoms with E-state index in [4.69, 9.17) is 9.26 Å². The van der Waals surface area contributed by atoms with E-state index in [1.807, 2.05) is 24.3 Å². The highest BCUT2D eigenvalue weighted by Crippen LogP contribution is 2.45. The molecule has 1 saturated heterocycles. The zero-order chi connectivity index (χ0) is 17.2. The minimum Gasteiger partial charge on any atom is -0.378 e. The lowest BCUT2D eigenvalue weighted by molar-refractivity contribution is -0.115. The zero-order valence-corrected chi connectivity index (χ0v) is 14.3. The van der Waals surface area contributed by atoms with Crippen LogP contribution in [0.5, 0.6) is 0 Å². The molecule has 1 saturated carbocycles. The summed E-state index contributed by atoms with van der Waals surface area (Å²) >= 11 is 0. The predicted molar refractivity (Wildman–Crippen MR) is 92.6 cm³/mol. The third-order valence-electron chi connectivity index (χ3n) is 4.76. The number of nitrogens with one attached hydrogen (secondary N) is 1. The van der Waals surface area contributed by atoms with E-state index in [9.17, 15) is 4.79 Å². The summed E-state index contributed by atoms with van der Waals surface area (Å²) in [4.78, 5) is 18.8. The first-order valence-corrected chi connectivity index (χ1v) is 8.74. The lowest BCUT2D eigenvalue weighted by atomic mass is 10.2. The number of benzene rings is 1. The summed E-state index contributed by atoms with van der Waals surface area (Å²) in [6.07, 6.45) is 1.21. The number of rotatable bonds is 5. The number of amides is 1. The Balaban J connectivity index is 1.32. The van der Waals surface area contributed by atoms with Crippen LogP contribution in [0.15, 0.2) is 28.8 Å². The van der Waals surface area contributed by atoms with Gasteiger partial charge in [0.15, 0.2) is 5.82 Å². The second-order valence-electron chi connectivity index (χ2n) is 6.74. The van der Waals surface area contributed by atoms with Crippen molar-refractivity contribution >= 4 is 17.3 Å². The molecule has 25 heavy (non-hydrogen) atoms. The molecule has 132 valence electrons. The lowest BCUT2D eigenvalue weighted by Crippen LogP contribution is -2.36. The van der Waals surface area contributed by atoms with Gasteiger partial charge in [-0.1, -0.05) is 12.1 Å². The monoisotopic (exact) mass is 342 g/mol. The largest absolute Gasteiger partial charge is 0.378 e. The molecule has 4 rings (SSSR count). The molecule has 1 aromatic heterocycles. The number of carbonyl (C=O) groups excluding carboxylic acids is 1. The Morgan fingerprint density at radius 3 is 2.68 bits per heavy atom. The summed E-state index contributed by atoms with van der Waals surface area (Å²) in [5.41, 5.74) is 1.91. The molecule has 7 heteroatoms. The lowest BCUT2D eigenvalue weighted by Gasteiger charge is -2.28. The van der Waals surface area contributed by atoms with E-state index in [2.05, 4.69) is 27.3 Å². The van der Waals surface area contributed by atoms with Crippen molar-refractivity contribution in [2.45, 2.75) is 25.7 Å². The smallest absolute Gasteiger partial charge is 0.232 e. The van der Waals surface area contributed by atoms with Crippen LogP contribution in [0.3, 0.4) is 0 Å². The minimum atomic E-state index is -0.143. The van der Waals surface area contributed by atoms with Gasteiger partial charge in [-0.05, 0) is 36.6 Å². The standard InChI is InChI=1S/C18H22N4O3/c1-12-10-15(12)18-20-16(21-25-18)11-17(23)19-13-2-4-14(5-3-13)22-6-8-24-9-7-22/h2-5,12,15H,6-11H2,1H3,(H,19,23). The van der Waals surface area contributed by atoms with Gasteiger partial charge in [-0.2, -0.15) is 4.98 Å². The summed E-state index contributed by atoms with van der Waals surface area (Å²) in [6.45, 7) is 5.45. The first-order valence-electron chi connectivity index (χ1n) is 8.74. The molecule has 2 aliphatic rings. The van der Waals surface area contributed by atoms with E-state index in [0.717, 1.165) is 44.1 Å². The molecule has 1 aromatic carbocycles. The summed E-state index contributed by atoms with van der Waals surface area (Å²) in [6, 6.07) is 7.86. The number of hydrogen-bond donors (Lipinski definition) is 1. The van der Waals surface area contributed by atoms with Crippen molar-refractivity contribution in [3.63, 3.8) is 0 Å². The number of hydrogen-bond acceptors (Lipinski definition) is 6. The molecule has 7 nitrogen and oxygen atoms in total. The maximum Gasteiger partial charge on any atom is 0.232 e. The molecule has 1 N–H and O–H groups in total. The maximum absolute atomic E-state index is 12.2. The molecule has 2 fully saturated rings. The molecule has 1 aliphatic carbocycles. The molecule has 1 aliphatic heterocycles. The summed E-state index contributed by atoms with van der Waals surface area (Å²) < 4.78 is 10.6. The molecule has 0 spiro atoms. The molecule has 2 atom stereocenters. The van der Waals surface area contributed by atoms with Crippen LogP contribution in [0.2, 0.25) is 0 Å². The average molecular weight is 342 g/mol. The van der Waals surface area contributed by atoms with Crippen molar-refractivity contribution in [1.29, 1.82) is 0 Å². The van der Waals surface area contributed by atoms with Gasteiger partial charge in [0.25, 0.3) is 0 Å². The Hall–Kier alpha value is -2.41. The Bertz CT molecular complexity index is 737. The highest BCUT2D eigenvalue weighted by Gasteiger charge is 2.38. The number of ether oxygens (including phenoxy) is 1. The van der Waals surface area contributed by atoms with Gasteiger partial charge in [0.2, 0.25) is 11.8 Å². The third-order valence-corrected chi connectivity index (χ3v) is 4.76. The van der Waals surface area contributed by atoms with Crippen LogP contribution in [0.1, 0.15) is 31.0 Å². The van der Waals surface area contributed by atoms with Gasteiger partial charge in [-0.25, -0.2) is 0 Å². The van der Waals surface area contributed by atoms with Gasteiger partial charge in [-0.15, -0.1) is 0 Å². The fraction of sp³-hybridized carbons (Fsp3) is 0.500. The van der Waals surface area contributed by atoms with E-state index in [1.54, 1.807) is 0 Å². The Morgan fingerprint density at radius 2 is 2.00 bits per heavy atom. The SMILES string of the molecule is CC1CC1c1nc(CC(=O)Nc2ccc(N3CCOCC3)cc2)no1. The van der Waals surface area contributed by atoms with Crippen LogP contribution in [-0.2, 0) is 16.0 Å². The van der Waals surface area contributed by atoms with Crippen LogP contribution < -0.4 is 10.2 Å². The Morgan fingerprint density at radius 1 is 1.28 bits per heavy atom. The van der Waals surface area contributed by atoms with Crippen molar-refractivity contribution < 1.29 is 14.1 Å². The van der Waals surface area contributed by atoms with Crippen molar-refractivity contribution in [3.05, 3.63) is 36.0 Å². The van der Waals surface area contributed by atoms with E-state index < -0.39 is 0 Å². The second-order valence-corrected chi connectivity index (χ2v) is 6.74. The summed E-state index contributed by atoms with van der Waals surface area (Å²) in [7, 11) is 0. The number of morpholine rings is 1. The topological polar surface area (TPSA) is 80.5 Å². The maximum atomic E-state index is 12.2. The fourth-order valence-corrected chi connectivity index (χ4v) is 3.08. The minimum absolute atomic E-state index is 0.121. The van der Waals surface area contributed by atoms with Crippen molar-refractivity contribution in [3.8, 4) is 0 Å². The number of aromatic nitrogens is 2. The zero-order valence-electron chi connectivity index (χ0n) is 14.3. The van der Waals surface area contributed by atoms with E-state index >= 15 is 0 Å². The van der Waals surface area contributed by atoms with Crippen molar-refractivity contribution in [2.24, 2.45) is 5.92 Å². The molecule has 0 radical (unpaired) electrons. The van der Waals surface area contributed by atoms with Gasteiger partial charge in [-0.3, -0.25) is 4.79 Å². The van der Waals surface area contributed by atoms with Crippen LogP contribution in [0, 0.1) is 5.92 Å². The average Bonchev–Trinajstić information content (AvgIpc) is 3.18. The quantitative estimate of drug-likeness (QED) is 0.897. The summed E-state index contributed by atoms with van der Waals surface area (Å²) in [5.74, 6) is 1.93. The highest BCUT2D eigenvalue weighted by atomic mass is 16.5.